The highest BCUT2D eigenvalue weighted by Crippen LogP contribution is 2.31. The van der Waals surface area contributed by atoms with E-state index in [0.29, 0.717) is 66.5 Å². The van der Waals surface area contributed by atoms with Crippen molar-refractivity contribution in [3.63, 3.8) is 0 Å². The maximum Gasteiger partial charge on any atom is 0.251 e. The number of amides is 1. The Balaban J connectivity index is 1.09. The Bertz CT molecular complexity index is 1430. The summed E-state index contributed by atoms with van der Waals surface area (Å²) in [5.41, 5.74) is 0.613. The zero-order valence-corrected chi connectivity index (χ0v) is 23.7. The molecule has 210 valence electrons. The van der Waals surface area contributed by atoms with Crippen LogP contribution in [0.3, 0.4) is 0 Å². The molecule has 2 aromatic carbocycles. The van der Waals surface area contributed by atoms with Crippen molar-refractivity contribution < 1.29 is 22.0 Å². The summed E-state index contributed by atoms with van der Waals surface area (Å²) in [5, 5.41) is 3.59. The molecule has 2 fully saturated rings. The van der Waals surface area contributed by atoms with Crippen LogP contribution in [0, 0.1) is 23.5 Å². The minimum atomic E-state index is -3.59. The summed E-state index contributed by atoms with van der Waals surface area (Å²) < 4.78 is 55.7. The van der Waals surface area contributed by atoms with Gasteiger partial charge in [0.2, 0.25) is 10.0 Å². The molecule has 2 aliphatic rings. The number of rotatable bonds is 7. The third kappa shape index (κ3) is 6.24. The number of piperidine rings is 1. The Labute approximate surface area is 231 Å². The van der Waals surface area contributed by atoms with Crippen molar-refractivity contribution >= 4 is 42.6 Å². The van der Waals surface area contributed by atoms with Crippen LogP contribution in [0.15, 0.2) is 41.3 Å². The molecule has 1 aromatic heterocycles. The van der Waals surface area contributed by atoms with E-state index in [1.165, 1.54) is 29.5 Å². The van der Waals surface area contributed by atoms with Crippen LogP contribution in [0.1, 0.15) is 30.6 Å². The van der Waals surface area contributed by atoms with Gasteiger partial charge in [-0.25, -0.2) is 22.2 Å². The zero-order chi connectivity index (χ0) is 27.7. The molecule has 1 N–H and O–H groups in total. The lowest BCUT2D eigenvalue weighted by Gasteiger charge is -2.34. The molecule has 2 aliphatic heterocycles. The van der Waals surface area contributed by atoms with Crippen LogP contribution in [0.25, 0.3) is 10.2 Å². The number of nitrogens with one attached hydrogen (secondary N) is 1. The lowest BCUT2D eigenvalue weighted by atomic mass is 9.94. The Kier molecular flexibility index (Phi) is 8.18. The molecular formula is C27H33F2N5O3S2. The van der Waals surface area contributed by atoms with E-state index in [0.717, 1.165) is 25.6 Å². The zero-order valence-electron chi connectivity index (χ0n) is 22.1. The average molecular weight is 578 g/mol. The van der Waals surface area contributed by atoms with Gasteiger partial charge in [-0.3, -0.25) is 9.69 Å². The summed E-state index contributed by atoms with van der Waals surface area (Å²) in [7, 11) is -3.59. The van der Waals surface area contributed by atoms with Gasteiger partial charge in [0.05, 0.1) is 9.60 Å². The number of aromatic nitrogens is 1. The molecule has 39 heavy (non-hydrogen) atoms. The van der Waals surface area contributed by atoms with Gasteiger partial charge in [-0.1, -0.05) is 25.2 Å². The van der Waals surface area contributed by atoms with Crippen molar-refractivity contribution in [2.24, 2.45) is 11.8 Å². The van der Waals surface area contributed by atoms with E-state index in [4.69, 9.17) is 0 Å². The van der Waals surface area contributed by atoms with Gasteiger partial charge < -0.3 is 10.2 Å². The number of hydrogen-bond donors (Lipinski definition) is 1. The SMILES string of the molecule is CC1CC(C)CN(S(=O)(=O)c2ccc(C(=O)NCCN3CCN(c4nc5c(F)cc(F)cc5s4)CC3)cc2)C1. The fraction of sp³-hybridized carbons (Fsp3) is 0.481. The molecule has 0 saturated carbocycles. The van der Waals surface area contributed by atoms with Gasteiger partial charge in [0.25, 0.3) is 5.91 Å². The number of fused-ring (bicyclic) bond motifs is 1. The lowest BCUT2D eigenvalue weighted by Crippen LogP contribution is -2.48. The van der Waals surface area contributed by atoms with Gasteiger partial charge in [0.1, 0.15) is 11.3 Å². The summed E-state index contributed by atoms with van der Waals surface area (Å²) in [6, 6.07) is 8.30. The second kappa shape index (κ2) is 11.4. The molecule has 1 amide bonds. The van der Waals surface area contributed by atoms with Gasteiger partial charge in [-0.2, -0.15) is 4.31 Å². The first-order valence-corrected chi connectivity index (χ1v) is 15.5. The number of halogens is 2. The molecule has 0 spiro atoms. The molecule has 0 aliphatic carbocycles. The quantitative estimate of drug-likeness (QED) is 0.460. The third-order valence-electron chi connectivity index (χ3n) is 7.35. The van der Waals surface area contributed by atoms with Gasteiger partial charge in [0.15, 0.2) is 10.9 Å². The predicted molar refractivity (Wildman–Crippen MR) is 149 cm³/mol. The summed E-state index contributed by atoms with van der Waals surface area (Å²) in [4.78, 5) is 21.5. The average Bonchev–Trinajstić information content (AvgIpc) is 3.33. The van der Waals surface area contributed by atoms with Crippen molar-refractivity contribution in [2.75, 3.05) is 57.3 Å². The Morgan fingerprint density at radius 1 is 1.05 bits per heavy atom. The molecule has 3 aromatic rings. The molecule has 0 bridgehead atoms. The number of hydrogen-bond acceptors (Lipinski definition) is 7. The predicted octanol–water partition coefficient (Wildman–Crippen LogP) is 3.79. The maximum absolute atomic E-state index is 14.0. The first-order chi connectivity index (χ1) is 18.6. The van der Waals surface area contributed by atoms with Crippen LogP contribution in [-0.4, -0.2) is 80.9 Å². The fourth-order valence-electron chi connectivity index (χ4n) is 5.40. The number of benzene rings is 2. The van der Waals surface area contributed by atoms with Crippen molar-refractivity contribution in [1.82, 2.24) is 19.5 Å². The molecule has 5 rings (SSSR count). The highest BCUT2D eigenvalue weighted by atomic mass is 32.2. The monoisotopic (exact) mass is 577 g/mol. The summed E-state index contributed by atoms with van der Waals surface area (Å²) in [5.74, 6) is -0.866. The molecule has 12 heteroatoms. The first-order valence-electron chi connectivity index (χ1n) is 13.2. The molecule has 3 heterocycles. The van der Waals surface area contributed by atoms with Crippen LogP contribution in [0.5, 0.6) is 0 Å². The Morgan fingerprint density at radius 2 is 1.72 bits per heavy atom. The van der Waals surface area contributed by atoms with Gasteiger partial charge in [-0.05, 0) is 48.6 Å². The number of anilines is 1. The van der Waals surface area contributed by atoms with Gasteiger partial charge >= 0.3 is 0 Å². The molecule has 0 radical (unpaired) electrons. The number of thiazole rings is 1. The van der Waals surface area contributed by atoms with Crippen LogP contribution in [0.4, 0.5) is 13.9 Å². The smallest absolute Gasteiger partial charge is 0.251 e. The van der Waals surface area contributed by atoms with Crippen molar-refractivity contribution in [3.05, 3.63) is 53.6 Å². The minimum Gasteiger partial charge on any atom is -0.351 e. The molecule has 2 unspecified atom stereocenters. The summed E-state index contributed by atoms with van der Waals surface area (Å²) in [6.07, 6.45) is 1.02. The van der Waals surface area contributed by atoms with E-state index in [1.807, 2.05) is 0 Å². The van der Waals surface area contributed by atoms with E-state index in [9.17, 15) is 22.0 Å². The van der Waals surface area contributed by atoms with Crippen molar-refractivity contribution in [1.29, 1.82) is 0 Å². The largest absolute Gasteiger partial charge is 0.351 e. The van der Waals surface area contributed by atoms with Crippen LogP contribution in [-0.2, 0) is 10.0 Å². The summed E-state index contributed by atoms with van der Waals surface area (Å²) >= 11 is 1.28. The van der Waals surface area contributed by atoms with E-state index in [2.05, 4.69) is 33.9 Å². The second-order valence-corrected chi connectivity index (χ2v) is 13.6. The third-order valence-corrected chi connectivity index (χ3v) is 10.3. The second-order valence-electron chi connectivity index (χ2n) is 10.6. The van der Waals surface area contributed by atoms with Crippen molar-refractivity contribution in [2.45, 2.75) is 25.2 Å². The number of piperazine rings is 1. The van der Waals surface area contributed by atoms with Crippen LogP contribution in [0.2, 0.25) is 0 Å². The van der Waals surface area contributed by atoms with E-state index in [-0.39, 0.29) is 16.3 Å². The first kappa shape index (κ1) is 27.9. The Hall–Kier alpha value is -2.67. The van der Waals surface area contributed by atoms with E-state index < -0.39 is 21.7 Å². The van der Waals surface area contributed by atoms with Crippen LogP contribution < -0.4 is 10.2 Å². The number of nitrogens with zero attached hydrogens (tertiary/aromatic N) is 4. The molecule has 2 atom stereocenters. The van der Waals surface area contributed by atoms with Crippen LogP contribution >= 0.6 is 11.3 Å². The number of carbonyl (C=O) groups is 1. The van der Waals surface area contributed by atoms with Gasteiger partial charge in [-0.15, -0.1) is 0 Å². The van der Waals surface area contributed by atoms with Gasteiger partial charge in [0, 0.05) is 64.0 Å². The number of carbonyl (C=O) groups excluding carboxylic acids is 1. The van der Waals surface area contributed by atoms with E-state index >= 15 is 0 Å². The number of sulfonamides is 1. The fourth-order valence-corrected chi connectivity index (χ4v) is 8.14. The molecule has 2 saturated heterocycles. The highest BCUT2D eigenvalue weighted by Gasteiger charge is 2.31. The molecular weight excluding hydrogens is 544 g/mol. The topological polar surface area (TPSA) is 85.8 Å². The van der Waals surface area contributed by atoms with E-state index in [1.54, 1.807) is 16.4 Å². The standard InChI is InChI=1S/C27H33F2N5O3S2/c1-18-13-19(2)17-34(16-18)39(36,37)22-5-3-20(4-6-22)26(35)30-7-8-32-9-11-33(12-10-32)27-31-25-23(29)14-21(28)15-24(25)38-27/h3-6,14-15,18-19H,7-13,16-17H2,1-2H3,(H,30,35). The normalized spacial score (nSPS) is 21.4. The maximum atomic E-state index is 14.0. The lowest BCUT2D eigenvalue weighted by molar-refractivity contribution is 0.0947. The highest BCUT2D eigenvalue weighted by molar-refractivity contribution is 7.89. The minimum absolute atomic E-state index is 0.197. The summed E-state index contributed by atoms with van der Waals surface area (Å²) in [6.45, 7) is 9.19. The van der Waals surface area contributed by atoms with Crippen molar-refractivity contribution in [3.8, 4) is 0 Å². The molecule has 8 nitrogen and oxygen atoms in total. The Morgan fingerprint density at radius 3 is 2.38 bits per heavy atom.